The second kappa shape index (κ2) is 11.3. The summed E-state index contributed by atoms with van der Waals surface area (Å²) in [7, 11) is 1.58. The van der Waals surface area contributed by atoms with Crippen molar-refractivity contribution in [2.45, 2.75) is 13.3 Å². The summed E-state index contributed by atoms with van der Waals surface area (Å²) >= 11 is 0. The van der Waals surface area contributed by atoms with Crippen molar-refractivity contribution in [2.75, 3.05) is 20.3 Å². The van der Waals surface area contributed by atoms with E-state index in [2.05, 4.69) is 15.5 Å². The molecule has 0 fully saturated rings. The number of rotatable bonds is 10. The van der Waals surface area contributed by atoms with E-state index in [9.17, 15) is 4.79 Å². The third-order valence-electron chi connectivity index (χ3n) is 4.41. The van der Waals surface area contributed by atoms with Crippen molar-refractivity contribution >= 4 is 12.1 Å². The van der Waals surface area contributed by atoms with E-state index in [0.717, 1.165) is 23.3 Å². The Kier molecular flexibility index (Phi) is 7.99. The van der Waals surface area contributed by atoms with Gasteiger partial charge in [-0.2, -0.15) is 5.10 Å². The summed E-state index contributed by atoms with van der Waals surface area (Å²) in [5.74, 6) is 1.80. The number of pyridine rings is 1. The molecule has 0 unspecified atom stereocenters. The molecule has 0 aliphatic heterocycles. The molecular weight excluding hydrogens is 394 g/mol. The molecular formula is C24H25N3O4. The number of carbonyl (C=O) groups excluding carboxylic acids is 1. The number of aromatic nitrogens is 1. The quantitative estimate of drug-likeness (QED) is 0.305. The lowest BCUT2D eigenvalue weighted by Crippen LogP contribution is -2.17. The number of nitrogens with zero attached hydrogens (tertiary/aromatic N) is 2. The average Bonchev–Trinajstić information content (AvgIpc) is 2.81. The molecule has 0 spiro atoms. The van der Waals surface area contributed by atoms with Gasteiger partial charge in [-0.05, 0) is 54.4 Å². The molecule has 0 atom stereocenters. The molecule has 1 aromatic heterocycles. The summed E-state index contributed by atoms with van der Waals surface area (Å²) in [6.07, 6.45) is 5.39. The van der Waals surface area contributed by atoms with Crippen LogP contribution in [0.2, 0.25) is 0 Å². The number of hydrazone groups is 1. The van der Waals surface area contributed by atoms with Gasteiger partial charge < -0.3 is 14.2 Å². The van der Waals surface area contributed by atoms with Crippen LogP contribution in [-0.4, -0.2) is 37.4 Å². The Labute approximate surface area is 181 Å². The van der Waals surface area contributed by atoms with Gasteiger partial charge in [-0.15, -0.1) is 0 Å². The van der Waals surface area contributed by atoms with Crippen molar-refractivity contribution in [3.63, 3.8) is 0 Å². The Morgan fingerprint density at radius 1 is 1.00 bits per heavy atom. The predicted octanol–water partition coefficient (Wildman–Crippen LogP) is 4.01. The fraction of sp³-hybridized carbons (Fsp3) is 0.208. The predicted molar refractivity (Wildman–Crippen MR) is 119 cm³/mol. The van der Waals surface area contributed by atoms with E-state index < -0.39 is 0 Å². The van der Waals surface area contributed by atoms with Crippen LogP contribution >= 0.6 is 0 Å². The van der Waals surface area contributed by atoms with E-state index in [1.807, 2.05) is 43.3 Å². The number of aryl methyl sites for hydroxylation is 1. The van der Waals surface area contributed by atoms with Crippen molar-refractivity contribution in [1.29, 1.82) is 0 Å². The van der Waals surface area contributed by atoms with Crippen LogP contribution in [-0.2, 0) is 0 Å². The second-order valence-corrected chi connectivity index (χ2v) is 6.66. The average molecular weight is 419 g/mol. The number of benzene rings is 2. The number of methoxy groups -OCH3 is 1. The Bertz CT molecular complexity index is 1020. The molecule has 1 heterocycles. The number of amides is 1. The third-order valence-corrected chi connectivity index (χ3v) is 4.41. The minimum Gasteiger partial charge on any atom is -0.493 e. The van der Waals surface area contributed by atoms with E-state index in [0.29, 0.717) is 30.3 Å². The van der Waals surface area contributed by atoms with Gasteiger partial charge in [-0.1, -0.05) is 18.2 Å². The Morgan fingerprint density at radius 3 is 2.48 bits per heavy atom. The van der Waals surface area contributed by atoms with Gasteiger partial charge in [0.25, 0.3) is 5.91 Å². The molecule has 0 radical (unpaired) electrons. The molecule has 0 saturated heterocycles. The van der Waals surface area contributed by atoms with Crippen molar-refractivity contribution in [3.8, 4) is 17.2 Å². The number of hydrogen-bond donors (Lipinski definition) is 1. The molecule has 3 rings (SSSR count). The maximum atomic E-state index is 12.0. The molecule has 0 saturated carbocycles. The lowest BCUT2D eigenvalue weighted by molar-refractivity contribution is 0.0955. The second-order valence-electron chi connectivity index (χ2n) is 6.66. The van der Waals surface area contributed by atoms with Gasteiger partial charge >= 0.3 is 0 Å². The van der Waals surface area contributed by atoms with Crippen LogP contribution in [0.3, 0.4) is 0 Å². The summed E-state index contributed by atoms with van der Waals surface area (Å²) in [6, 6.07) is 16.6. The zero-order chi connectivity index (χ0) is 21.9. The molecule has 1 N–H and O–H groups in total. The monoisotopic (exact) mass is 419 g/mol. The minimum absolute atomic E-state index is 0.307. The molecule has 31 heavy (non-hydrogen) atoms. The van der Waals surface area contributed by atoms with Crippen LogP contribution in [0.25, 0.3) is 0 Å². The van der Waals surface area contributed by atoms with Crippen LogP contribution in [0.5, 0.6) is 17.2 Å². The summed E-state index contributed by atoms with van der Waals surface area (Å²) in [5.41, 5.74) is 4.84. The molecule has 0 bridgehead atoms. The van der Waals surface area contributed by atoms with Crippen molar-refractivity contribution in [1.82, 2.24) is 10.4 Å². The van der Waals surface area contributed by atoms with Crippen molar-refractivity contribution in [3.05, 3.63) is 83.7 Å². The maximum absolute atomic E-state index is 12.0. The minimum atomic E-state index is -0.307. The molecule has 3 aromatic rings. The summed E-state index contributed by atoms with van der Waals surface area (Å²) < 4.78 is 17.0. The van der Waals surface area contributed by atoms with Crippen molar-refractivity contribution < 1.29 is 19.0 Å². The van der Waals surface area contributed by atoms with Gasteiger partial charge in [0.2, 0.25) is 0 Å². The number of carbonyl (C=O) groups is 1. The Morgan fingerprint density at radius 2 is 1.74 bits per heavy atom. The van der Waals surface area contributed by atoms with Crippen LogP contribution in [0.15, 0.2) is 72.1 Å². The van der Waals surface area contributed by atoms with E-state index in [4.69, 9.17) is 14.2 Å². The first kappa shape index (κ1) is 21.8. The van der Waals surface area contributed by atoms with Crippen LogP contribution < -0.4 is 19.6 Å². The summed E-state index contributed by atoms with van der Waals surface area (Å²) in [5, 5.41) is 3.99. The molecule has 0 aliphatic carbocycles. The lowest BCUT2D eigenvalue weighted by Gasteiger charge is -2.12. The fourth-order valence-corrected chi connectivity index (χ4v) is 2.76. The normalized spacial score (nSPS) is 10.6. The van der Waals surface area contributed by atoms with Gasteiger partial charge in [-0.3, -0.25) is 9.78 Å². The lowest BCUT2D eigenvalue weighted by atomic mass is 10.2. The van der Waals surface area contributed by atoms with Gasteiger partial charge in [0.05, 0.1) is 26.5 Å². The smallest absolute Gasteiger partial charge is 0.271 e. The first-order valence-corrected chi connectivity index (χ1v) is 9.90. The van der Waals surface area contributed by atoms with Crippen LogP contribution in [0, 0.1) is 6.92 Å². The zero-order valence-corrected chi connectivity index (χ0v) is 17.6. The standard InChI is InChI=1S/C24H25N3O4/c1-18-6-3-4-7-21(18)30-14-5-15-31-22-9-8-19(16-23(22)29-2)17-26-27-24(28)20-10-12-25-13-11-20/h3-4,6-13,16-17H,5,14-15H2,1-2H3,(H,27,28)/b26-17+. The van der Waals surface area contributed by atoms with Crippen molar-refractivity contribution in [2.24, 2.45) is 5.10 Å². The number of nitrogens with one attached hydrogen (secondary N) is 1. The fourth-order valence-electron chi connectivity index (χ4n) is 2.76. The van der Waals surface area contributed by atoms with Crippen LogP contribution in [0.1, 0.15) is 27.9 Å². The number of para-hydroxylation sites is 1. The highest BCUT2D eigenvalue weighted by Gasteiger charge is 2.06. The topological polar surface area (TPSA) is 82.0 Å². The molecule has 0 aliphatic rings. The number of ether oxygens (including phenoxy) is 3. The molecule has 7 nitrogen and oxygen atoms in total. The molecule has 2 aromatic carbocycles. The maximum Gasteiger partial charge on any atom is 0.271 e. The first-order chi connectivity index (χ1) is 15.2. The molecule has 160 valence electrons. The Balaban J connectivity index is 1.47. The largest absolute Gasteiger partial charge is 0.493 e. The highest BCUT2D eigenvalue weighted by molar-refractivity contribution is 5.94. The molecule has 1 amide bonds. The van der Waals surface area contributed by atoms with Gasteiger partial charge in [0.15, 0.2) is 11.5 Å². The summed E-state index contributed by atoms with van der Waals surface area (Å²) in [6.45, 7) is 3.08. The van der Waals surface area contributed by atoms with E-state index in [1.54, 1.807) is 43.9 Å². The SMILES string of the molecule is COc1cc(/C=N/NC(=O)c2ccncc2)ccc1OCCCOc1ccccc1C. The molecule has 7 heteroatoms. The van der Waals surface area contributed by atoms with Gasteiger partial charge in [0.1, 0.15) is 5.75 Å². The summed E-state index contributed by atoms with van der Waals surface area (Å²) in [4.78, 5) is 15.9. The van der Waals surface area contributed by atoms with Gasteiger partial charge in [-0.25, -0.2) is 5.43 Å². The van der Waals surface area contributed by atoms with Gasteiger partial charge in [0, 0.05) is 24.4 Å². The van der Waals surface area contributed by atoms with E-state index in [1.165, 1.54) is 0 Å². The zero-order valence-electron chi connectivity index (χ0n) is 17.6. The third kappa shape index (κ3) is 6.57. The first-order valence-electron chi connectivity index (χ1n) is 9.90. The van der Waals surface area contributed by atoms with E-state index in [-0.39, 0.29) is 5.91 Å². The highest BCUT2D eigenvalue weighted by atomic mass is 16.5. The highest BCUT2D eigenvalue weighted by Crippen LogP contribution is 2.27. The van der Waals surface area contributed by atoms with E-state index >= 15 is 0 Å². The Hall–Kier alpha value is -3.87. The number of hydrogen-bond acceptors (Lipinski definition) is 6. The van der Waals surface area contributed by atoms with Crippen LogP contribution in [0.4, 0.5) is 0 Å².